The number of halogens is 3. The molecule has 0 aromatic heterocycles. The summed E-state index contributed by atoms with van der Waals surface area (Å²) in [6.45, 7) is 0. The summed E-state index contributed by atoms with van der Waals surface area (Å²) >= 11 is 0. The summed E-state index contributed by atoms with van der Waals surface area (Å²) in [4.78, 5) is 0. The molecule has 3 aliphatic carbocycles. The zero-order valence-electron chi connectivity index (χ0n) is 9.48. The van der Waals surface area contributed by atoms with Crippen LogP contribution in [0.15, 0.2) is 4.40 Å². The Kier molecular flexibility index (Phi) is 3.33. The van der Waals surface area contributed by atoms with E-state index in [2.05, 4.69) is 4.40 Å². The molecule has 8 heteroatoms. The van der Waals surface area contributed by atoms with Crippen LogP contribution in [0.25, 0.3) is 0 Å². The molecule has 0 radical (unpaired) electrons. The maximum absolute atomic E-state index is 12.1. The summed E-state index contributed by atoms with van der Waals surface area (Å²) in [5, 5.41) is 11.6. The zero-order chi connectivity index (χ0) is 13.6. The third-order valence-corrected chi connectivity index (χ3v) is 4.87. The molecule has 0 spiro atoms. The predicted molar refractivity (Wildman–Crippen MR) is 56.0 cm³/mol. The van der Waals surface area contributed by atoms with Gasteiger partial charge in [0, 0.05) is 0 Å². The van der Waals surface area contributed by atoms with Gasteiger partial charge in [-0.15, -0.1) is 0 Å². The molecule has 0 N–H and O–H groups in total. The monoisotopic (exact) mass is 284 g/mol. The van der Waals surface area contributed by atoms with Gasteiger partial charge >= 0.3 is 15.5 Å². The van der Waals surface area contributed by atoms with E-state index in [0.29, 0.717) is 12.3 Å². The number of hydrogen-bond acceptors (Lipinski definition) is 3. The van der Waals surface area contributed by atoms with Gasteiger partial charge in [0.25, 0.3) is 0 Å². The molecular weight excluding hydrogens is 271 g/mol. The van der Waals surface area contributed by atoms with Crippen molar-refractivity contribution in [2.24, 2.45) is 22.2 Å². The molecule has 0 aromatic carbocycles. The van der Waals surface area contributed by atoms with Crippen molar-refractivity contribution in [3.63, 3.8) is 0 Å². The minimum Gasteiger partial charge on any atom is -0.861 e. The molecule has 104 valence electrons. The summed E-state index contributed by atoms with van der Waals surface area (Å²) in [5.74, 6) is -1.45. The van der Waals surface area contributed by atoms with Gasteiger partial charge in [0.05, 0.1) is 0 Å². The summed E-state index contributed by atoms with van der Waals surface area (Å²) in [6, 6.07) is 0. The van der Waals surface area contributed by atoms with E-state index in [1.54, 1.807) is 0 Å². The molecular formula is C10H13F3NO3S-. The van der Waals surface area contributed by atoms with Crippen LogP contribution in [0.1, 0.15) is 32.1 Å². The first kappa shape index (κ1) is 13.6. The predicted octanol–water partition coefficient (Wildman–Crippen LogP) is 1.42. The van der Waals surface area contributed by atoms with E-state index in [9.17, 15) is 26.7 Å². The van der Waals surface area contributed by atoms with Crippen LogP contribution in [0.2, 0.25) is 0 Å². The smallest absolute Gasteiger partial charge is 0.518 e. The number of sulfonamides is 1. The van der Waals surface area contributed by atoms with Crippen LogP contribution >= 0.6 is 0 Å². The molecule has 1 atom stereocenters. The van der Waals surface area contributed by atoms with Gasteiger partial charge in [0.2, 0.25) is 0 Å². The highest BCUT2D eigenvalue weighted by molar-refractivity contribution is 7.91. The highest BCUT2D eigenvalue weighted by atomic mass is 32.2. The first-order valence-electron chi connectivity index (χ1n) is 5.79. The molecule has 0 heterocycles. The van der Waals surface area contributed by atoms with Gasteiger partial charge in [-0.25, -0.2) is 0 Å². The Balaban J connectivity index is 2.19. The van der Waals surface area contributed by atoms with Gasteiger partial charge in [-0.2, -0.15) is 26.0 Å². The SMILES string of the molecule is O=S(=O)(/N=C(\[O-])C1CC2CCC1CC2)C(F)(F)F. The maximum atomic E-state index is 12.1. The second-order valence-electron chi connectivity index (χ2n) is 4.97. The molecule has 1 unspecified atom stereocenters. The number of fused-ring (bicyclic) bond motifs is 3. The minimum absolute atomic E-state index is 0.00492. The number of alkyl halides is 3. The Morgan fingerprint density at radius 3 is 2.11 bits per heavy atom. The molecule has 3 rings (SSSR count). The minimum atomic E-state index is -5.69. The Morgan fingerprint density at radius 2 is 1.72 bits per heavy atom. The van der Waals surface area contributed by atoms with Crippen molar-refractivity contribution in [2.45, 2.75) is 37.6 Å². The van der Waals surface area contributed by atoms with E-state index >= 15 is 0 Å². The lowest BCUT2D eigenvalue weighted by Crippen LogP contribution is -2.42. The molecule has 3 fully saturated rings. The van der Waals surface area contributed by atoms with E-state index < -0.39 is 27.3 Å². The zero-order valence-corrected chi connectivity index (χ0v) is 10.3. The summed E-state index contributed by atoms with van der Waals surface area (Å²) in [5.41, 5.74) is -5.49. The van der Waals surface area contributed by atoms with E-state index in [1.165, 1.54) is 0 Å². The quantitative estimate of drug-likeness (QED) is 0.569. The first-order chi connectivity index (χ1) is 8.21. The Labute approximate surface area is 103 Å². The summed E-state index contributed by atoms with van der Waals surface area (Å²) < 4.78 is 60.4. The van der Waals surface area contributed by atoms with E-state index in [-0.39, 0.29) is 5.92 Å². The Bertz CT molecular complexity index is 449. The van der Waals surface area contributed by atoms with E-state index in [4.69, 9.17) is 0 Å². The van der Waals surface area contributed by atoms with Crippen LogP contribution in [0.4, 0.5) is 13.2 Å². The van der Waals surface area contributed by atoms with Crippen molar-refractivity contribution in [3.8, 4) is 0 Å². The van der Waals surface area contributed by atoms with Crippen LogP contribution < -0.4 is 5.11 Å². The van der Waals surface area contributed by atoms with E-state index in [0.717, 1.165) is 25.7 Å². The molecule has 0 amide bonds. The number of nitrogens with zero attached hydrogens (tertiary/aromatic N) is 1. The molecule has 3 saturated carbocycles. The number of hydrogen-bond donors (Lipinski definition) is 0. The van der Waals surface area contributed by atoms with Crippen LogP contribution in [-0.2, 0) is 10.0 Å². The van der Waals surface area contributed by atoms with Gasteiger partial charge in [-0.1, -0.05) is 12.8 Å². The average molecular weight is 284 g/mol. The second-order valence-corrected chi connectivity index (χ2v) is 6.57. The molecule has 3 aliphatic rings. The molecule has 0 aliphatic heterocycles. The highest BCUT2D eigenvalue weighted by Gasteiger charge is 2.46. The molecule has 2 bridgehead atoms. The standard InChI is InChI=1S/C10H14F3NO3S/c11-10(12,13)18(16,17)14-9(15)8-5-6-1-3-7(8)4-2-6/h6-8H,1-5H2,(H,14,15)/p-1. The van der Waals surface area contributed by atoms with Gasteiger partial charge in [-0.05, 0) is 42.9 Å². The molecule has 18 heavy (non-hydrogen) atoms. The van der Waals surface area contributed by atoms with Crippen molar-refractivity contribution >= 4 is 15.9 Å². The van der Waals surface area contributed by atoms with Crippen LogP contribution in [-0.4, -0.2) is 19.8 Å². The first-order valence-corrected chi connectivity index (χ1v) is 7.23. The lowest BCUT2D eigenvalue weighted by molar-refractivity contribution is -0.228. The van der Waals surface area contributed by atoms with Gasteiger partial charge in [0.15, 0.2) is 0 Å². The molecule has 0 aromatic rings. The van der Waals surface area contributed by atoms with Crippen LogP contribution in [0.3, 0.4) is 0 Å². The van der Waals surface area contributed by atoms with Gasteiger partial charge in [-0.3, -0.25) is 0 Å². The summed E-state index contributed by atoms with van der Waals surface area (Å²) in [7, 11) is -5.69. The molecule has 0 saturated heterocycles. The van der Waals surface area contributed by atoms with Crippen molar-refractivity contribution < 1.29 is 26.7 Å². The topological polar surface area (TPSA) is 69.6 Å². The molecule has 4 nitrogen and oxygen atoms in total. The van der Waals surface area contributed by atoms with Crippen molar-refractivity contribution in [3.05, 3.63) is 0 Å². The van der Waals surface area contributed by atoms with Gasteiger partial charge in [0.1, 0.15) is 0 Å². The fourth-order valence-corrected chi connectivity index (χ4v) is 3.39. The third kappa shape index (κ3) is 2.48. The van der Waals surface area contributed by atoms with Crippen LogP contribution in [0.5, 0.6) is 0 Å². The van der Waals surface area contributed by atoms with E-state index in [1.807, 2.05) is 0 Å². The maximum Gasteiger partial charge on any atom is 0.518 e. The largest absolute Gasteiger partial charge is 0.861 e. The average Bonchev–Trinajstić information content (AvgIpc) is 2.28. The Morgan fingerprint density at radius 1 is 1.17 bits per heavy atom. The lowest BCUT2D eigenvalue weighted by atomic mass is 9.65. The fourth-order valence-electron chi connectivity index (χ4n) is 2.92. The lowest BCUT2D eigenvalue weighted by Gasteiger charge is -2.44. The number of rotatable bonds is 2. The van der Waals surface area contributed by atoms with Crippen molar-refractivity contribution in [1.29, 1.82) is 0 Å². The summed E-state index contributed by atoms with van der Waals surface area (Å²) in [6.07, 6.45) is 3.98. The third-order valence-electron chi connectivity index (χ3n) is 3.87. The van der Waals surface area contributed by atoms with Crippen LogP contribution in [0, 0.1) is 17.8 Å². The highest BCUT2D eigenvalue weighted by Crippen LogP contribution is 2.45. The second kappa shape index (κ2) is 4.40. The normalized spacial score (nSPS) is 33.7. The van der Waals surface area contributed by atoms with Crippen molar-refractivity contribution in [2.75, 3.05) is 0 Å². The van der Waals surface area contributed by atoms with Gasteiger partial charge < -0.3 is 5.11 Å². The fraction of sp³-hybridized carbons (Fsp3) is 0.900. The van der Waals surface area contributed by atoms with Crippen molar-refractivity contribution in [1.82, 2.24) is 0 Å². The Hall–Kier alpha value is -0.790.